The molecule has 62 valence electrons. The molecule has 10 heavy (non-hydrogen) atoms. The molecule has 2 heteroatoms. The van der Waals surface area contributed by atoms with E-state index in [4.69, 9.17) is 0 Å². The van der Waals surface area contributed by atoms with Crippen LogP contribution in [0, 0.1) is 0 Å². The summed E-state index contributed by atoms with van der Waals surface area (Å²) in [7, 11) is 2.02. The van der Waals surface area contributed by atoms with Gasteiger partial charge in [0.25, 0.3) is 0 Å². The van der Waals surface area contributed by atoms with Gasteiger partial charge in [-0.05, 0) is 26.1 Å². The quantitative estimate of drug-likeness (QED) is 0.663. The van der Waals surface area contributed by atoms with Crippen molar-refractivity contribution in [2.24, 2.45) is 0 Å². The fourth-order valence-corrected chi connectivity index (χ4v) is 1.96. The van der Waals surface area contributed by atoms with Crippen molar-refractivity contribution in [3.8, 4) is 0 Å². The molecular formula is C8H19NS. The zero-order chi connectivity index (χ0) is 7.98. The Labute approximate surface area is 69.0 Å². The number of rotatable bonds is 5. The van der Waals surface area contributed by atoms with Gasteiger partial charge in [0, 0.05) is 11.3 Å². The zero-order valence-corrected chi connectivity index (χ0v) is 8.29. The predicted octanol–water partition coefficient (Wildman–Crippen LogP) is 2.13. The van der Waals surface area contributed by atoms with Gasteiger partial charge in [-0.15, -0.1) is 0 Å². The molecule has 0 spiro atoms. The second-order valence-electron chi connectivity index (χ2n) is 2.69. The maximum Gasteiger partial charge on any atom is 0.00461 e. The van der Waals surface area contributed by atoms with Crippen LogP contribution in [0.4, 0.5) is 0 Å². The SMILES string of the molecule is CCSC(C)CC(C)NC. The molecule has 1 N–H and O–H groups in total. The van der Waals surface area contributed by atoms with Crippen LogP contribution in [-0.4, -0.2) is 24.1 Å². The standard InChI is InChI=1S/C8H19NS/c1-5-10-8(3)6-7(2)9-4/h7-9H,5-6H2,1-4H3. The third-order valence-electron chi connectivity index (χ3n) is 1.63. The highest BCUT2D eigenvalue weighted by Gasteiger charge is 2.05. The number of thioether (sulfide) groups is 1. The van der Waals surface area contributed by atoms with Crippen molar-refractivity contribution in [3.63, 3.8) is 0 Å². The molecule has 0 aliphatic carbocycles. The van der Waals surface area contributed by atoms with E-state index in [0.29, 0.717) is 6.04 Å². The van der Waals surface area contributed by atoms with Gasteiger partial charge in [0.1, 0.15) is 0 Å². The van der Waals surface area contributed by atoms with Gasteiger partial charge >= 0.3 is 0 Å². The molecule has 0 fully saturated rings. The van der Waals surface area contributed by atoms with Gasteiger partial charge in [-0.1, -0.05) is 13.8 Å². The molecule has 0 aromatic heterocycles. The summed E-state index contributed by atoms with van der Waals surface area (Å²) < 4.78 is 0. The number of nitrogens with one attached hydrogen (secondary N) is 1. The molecule has 0 aliphatic heterocycles. The first kappa shape index (κ1) is 10.3. The van der Waals surface area contributed by atoms with Crippen molar-refractivity contribution in [2.45, 2.75) is 38.5 Å². The minimum atomic E-state index is 0.661. The highest BCUT2D eigenvalue weighted by atomic mass is 32.2. The average molecular weight is 161 g/mol. The Morgan fingerprint density at radius 1 is 1.40 bits per heavy atom. The van der Waals surface area contributed by atoms with Crippen LogP contribution in [0.2, 0.25) is 0 Å². The van der Waals surface area contributed by atoms with E-state index in [9.17, 15) is 0 Å². The van der Waals surface area contributed by atoms with Gasteiger partial charge in [-0.2, -0.15) is 11.8 Å². The van der Waals surface area contributed by atoms with E-state index in [2.05, 4.69) is 26.1 Å². The average Bonchev–Trinajstić information content (AvgIpc) is 1.88. The molecule has 0 aliphatic rings. The molecule has 0 aromatic rings. The van der Waals surface area contributed by atoms with Gasteiger partial charge < -0.3 is 5.32 Å². The van der Waals surface area contributed by atoms with Crippen molar-refractivity contribution in [1.82, 2.24) is 5.32 Å². The number of hydrogen-bond donors (Lipinski definition) is 1. The lowest BCUT2D eigenvalue weighted by Crippen LogP contribution is -2.24. The highest BCUT2D eigenvalue weighted by molar-refractivity contribution is 7.99. The first-order valence-corrected chi connectivity index (χ1v) is 5.04. The molecule has 0 aromatic carbocycles. The van der Waals surface area contributed by atoms with Crippen LogP contribution in [0.3, 0.4) is 0 Å². The molecule has 2 atom stereocenters. The van der Waals surface area contributed by atoms with Crippen LogP contribution in [0.15, 0.2) is 0 Å². The normalized spacial score (nSPS) is 16.8. The molecule has 1 nitrogen and oxygen atoms in total. The van der Waals surface area contributed by atoms with Crippen molar-refractivity contribution in [3.05, 3.63) is 0 Å². The number of hydrogen-bond acceptors (Lipinski definition) is 2. The molecule has 2 unspecified atom stereocenters. The molecule has 0 bridgehead atoms. The summed E-state index contributed by atoms with van der Waals surface area (Å²) in [6.07, 6.45) is 1.27. The van der Waals surface area contributed by atoms with Gasteiger partial charge in [-0.3, -0.25) is 0 Å². The fraction of sp³-hybridized carbons (Fsp3) is 1.00. The predicted molar refractivity (Wildman–Crippen MR) is 50.7 cm³/mol. The van der Waals surface area contributed by atoms with Gasteiger partial charge in [-0.25, -0.2) is 0 Å². The fourth-order valence-electron chi connectivity index (χ4n) is 0.968. The van der Waals surface area contributed by atoms with Crippen LogP contribution in [0.1, 0.15) is 27.2 Å². The van der Waals surface area contributed by atoms with E-state index in [-0.39, 0.29) is 0 Å². The Bertz CT molecular complexity index is 75.7. The Morgan fingerprint density at radius 2 is 2.00 bits per heavy atom. The Balaban J connectivity index is 3.27. The first-order chi connectivity index (χ1) is 4.70. The summed E-state index contributed by atoms with van der Waals surface area (Å²) in [5.74, 6) is 1.23. The van der Waals surface area contributed by atoms with Crippen molar-refractivity contribution in [1.29, 1.82) is 0 Å². The summed E-state index contributed by atoms with van der Waals surface area (Å²) in [5, 5.41) is 4.04. The van der Waals surface area contributed by atoms with Crippen molar-refractivity contribution < 1.29 is 0 Å². The molecule has 0 amide bonds. The molecule has 0 rings (SSSR count). The van der Waals surface area contributed by atoms with Crippen LogP contribution in [-0.2, 0) is 0 Å². The van der Waals surface area contributed by atoms with E-state index >= 15 is 0 Å². The minimum Gasteiger partial charge on any atom is -0.317 e. The van der Waals surface area contributed by atoms with E-state index in [1.54, 1.807) is 0 Å². The lowest BCUT2D eigenvalue weighted by atomic mass is 10.2. The molecule has 0 heterocycles. The smallest absolute Gasteiger partial charge is 0.00461 e. The lowest BCUT2D eigenvalue weighted by Gasteiger charge is -2.14. The van der Waals surface area contributed by atoms with Crippen molar-refractivity contribution in [2.75, 3.05) is 12.8 Å². The van der Waals surface area contributed by atoms with Crippen LogP contribution < -0.4 is 5.32 Å². The van der Waals surface area contributed by atoms with Crippen LogP contribution >= 0.6 is 11.8 Å². The van der Waals surface area contributed by atoms with E-state index in [1.165, 1.54) is 12.2 Å². The summed E-state index contributed by atoms with van der Waals surface area (Å²) in [5.41, 5.74) is 0. The highest BCUT2D eigenvalue weighted by Crippen LogP contribution is 2.14. The topological polar surface area (TPSA) is 12.0 Å². The second kappa shape index (κ2) is 6.05. The van der Waals surface area contributed by atoms with Gasteiger partial charge in [0.15, 0.2) is 0 Å². The van der Waals surface area contributed by atoms with Gasteiger partial charge in [0.05, 0.1) is 0 Å². The summed E-state index contributed by atoms with van der Waals surface area (Å²) in [6.45, 7) is 6.74. The van der Waals surface area contributed by atoms with Crippen LogP contribution in [0.5, 0.6) is 0 Å². The second-order valence-corrected chi connectivity index (χ2v) is 4.41. The maximum atomic E-state index is 3.24. The Morgan fingerprint density at radius 3 is 2.40 bits per heavy atom. The third kappa shape index (κ3) is 5.12. The molecule has 0 saturated heterocycles. The molecule has 0 radical (unpaired) electrons. The summed E-state index contributed by atoms with van der Waals surface area (Å²) in [6, 6.07) is 0.661. The first-order valence-electron chi connectivity index (χ1n) is 3.99. The van der Waals surface area contributed by atoms with Gasteiger partial charge in [0.2, 0.25) is 0 Å². The maximum absolute atomic E-state index is 3.24. The third-order valence-corrected chi connectivity index (χ3v) is 2.72. The monoisotopic (exact) mass is 161 g/mol. The largest absolute Gasteiger partial charge is 0.317 e. The van der Waals surface area contributed by atoms with E-state index in [0.717, 1.165) is 5.25 Å². The summed E-state index contributed by atoms with van der Waals surface area (Å²) in [4.78, 5) is 0. The minimum absolute atomic E-state index is 0.661. The Kier molecular flexibility index (Phi) is 6.24. The summed E-state index contributed by atoms with van der Waals surface area (Å²) >= 11 is 2.03. The Hall–Kier alpha value is 0.310. The van der Waals surface area contributed by atoms with E-state index < -0.39 is 0 Å². The molecule has 0 saturated carbocycles. The zero-order valence-electron chi connectivity index (χ0n) is 7.48. The van der Waals surface area contributed by atoms with Crippen molar-refractivity contribution >= 4 is 11.8 Å². The lowest BCUT2D eigenvalue weighted by molar-refractivity contribution is 0.564. The molecular weight excluding hydrogens is 142 g/mol. The van der Waals surface area contributed by atoms with E-state index in [1.807, 2.05) is 18.8 Å². The van der Waals surface area contributed by atoms with Crippen LogP contribution in [0.25, 0.3) is 0 Å².